The van der Waals surface area contributed by atoms with E-state index in [1.807, 2.05) is 0 Å². The van der Waals surface area contributed by atoms with Crippen molar-refractivity contribution in [3.05, 3.63) is 71.8 Å². The van der Waals surface area contributed by atoms with E-state index < -0.39 is 24.8 Å². The lowest BCUT2D eigenvalue weighted by Crippen LogP contribution is -2.39. The fourth-order valence-corrected chi connectivity index (χ4v) is 6.57. The third-order valence-corrected chi connectivity index (χ3v) is 9.67. The summed E-state index contributed by atoms with van der Waals surface area (Å²) in [5.74, 6) is -2.73. The van der Waals surface area contributed by atoms with Gasteiger partial charge in [-0.2, -0.15) is 0 Å². The van der Waals surface area contributed by atoms with Gasteiger partial charge in [0.1, 0.15) is 13.1 Å². The van der Waals surface area contributed by atoms with Crippen molar-refractivity contribution in [3.63, 3.8) is 0 Å². The van der Waals surface area contributed by atoms with Crippen LogP contribution in [0.2, 0.25) is 0 Å². The molecular weight excluding hydrogens is 645 g/mol. The molecule has 0 aromatic heterocycles. The summed E-state index contributed by atoms with van der Waals surface area (Å²) in [5, 5.41) is 19.0. The van der Waals surface area contributed by atoms with Crippen molar-refractivity contribution in [2.24, 2.45) is 0 Å². The summed E-state index contributed by atoms with van der Waals surface area (Å²) in [7, 11) is 9.45. The maximum absolute atomic E-state index is 9.50. The van der Waals surface area contributed by atoms with Gasteiger partial charge in [0.05, 0.1) is 41.3 Å². The van der Waals surface area contributed by atoms with Gasteiger partial charge >= 0.3 is 0 Å². The molecule has 0 atom stereocenters. The van der Waals surface area contributed by atoms with Gasteiger partial charge in [-0.15, -0.1) is 0 Å². The number of hydrogen-bond acceptors (Lipinski definition) is 4. The molecule has 0 bridgehead atoms. The van der Waals surface area contributed by atoms with E-state index >= 15 is 0 Å². The number of benzene rings is 2. The third-order valence-electron chi connectivity index (χ3n) is 9.67. The van der Waals surface area contributed by atoms with Crippen LogP contribution in [-0.4, -0.2) is 62.2 Å². The quantitative estimate of drug-likeness (QED) is 0.0618. The highest BCUT2D eigenvalue weighted by Gasteiger charge is 2.16. The van der Waals surface area contributed by atoms with Crippen molar-refractivity contribution in [3.8, 4) is 0 Å². The van der Waals surface area contributed by atoms with Crippen LogP contribution in [0.5, 0.6) is 0 Å². The molecule has 0 heterocycles. The first-order chi connectivity index (χ1) is 24.9. The minimum atomic E-state index is -1.37. The van der Waals surface area contributed by atoms with E-state index in [9.17, 15) is 19.8 Å². The number of hydrogen-bond donors (Lipinski definition) is 0. The predicted molar refractivity (Wildman–Crippen MR) is 217 cm³/mol. The summed E-state index contributed by atoms with van der Waals surface area (Å²) in [5.41, 5.74) is 2.92. The normalized spacial score (nSPS) is 11.3. The van der Waals surface area contributed by atoms with Crippen molar-refractivity contribution >= 4 is 11.9 Å². The molecule has 52 heavy (non-hydrogen) atoms. The van der Waals surface area contributed by atoms with Gasteiger partial charge in [0, 0.05) is 23.1 Å². The van der Waals surface area contributed by atoms with E-state index in [2.05, 4.69) is 103 Å². The van der Waals surface area contributed by atoms with E-state index in [1.54, 1.807) is 0 Å². The molecule has 0 spiro atoms. The van der Waals surface area contributed by atoms with Crippen molar-refractivity contribution < 1.29 is 28.8 Å². The highest BCUT2D eigenvalue weighted by Crippen LogP contribution is 2.15. The minimum Gasteiger partial charge on any atom is -0.550 e. The fraction of sp³-hybridized carbons (Fsp3) is 0.696. The standard InChI is InChI=1S/2C21H38N.C4H6O4/c2*1-4-5-6-7-8-9-10-11-12-16-19-22(2,3)20-21-17-14-13-15-18-21;5-3(6)1-2-4(7)8/h2*13-15,17-18H,4-12,16,19-20H2,1-3H3;1-2H2,(H,5,6)(H,7,8)/q2*+1;/p-2. The van der Waals surface area contributed by atoms with E-state index in [-0.39, 0.29) is 0 Å². The van der Waals surface area contributed by atoms with Crippen LogP contribution in [0.4, 0.5) is 0 Å². The van der Waals surface area contributed by atoms with E-state index in [1.165, 1.54) is 153 Å². The topological polar surface area (TPSA) is 80.3 Å². The summed E-state index contributed by atoms with van der Waals surface area (Å²) < 4.78 is 2.22. The molecule has 6 nitrogen and oxygen atoms in total. The number of carboxylic acid groups (broad SMARTS) is 2. The number of carbonyl (C=O) groups excluding carboxylic acids is 2. The van der Waals surface area contributed by atoms with Gasteiger partial charge in [-0.3, -0.25) is 0 Å². The van der Waals surface area contributed by atoms with Crippen LogP contribution in [0.15, 0.2) is 60.7 Å². The van der Waals surface area contributed by atoms with Crippen LogP contribution in [0.3, 0.4) is 0 Å². The summed E-state index contributed by atoms with van der Waals surface area (Å²) in [6.07, 6.45) is 27.5. The first-order valence-corrected chi connectivity index (χ1v) is 21.0. The Morgan fingerprint density at radius 2 is 0.673 bits per heavy atom. The van der Waals surface area contributed by atoms with Gasteiger partial charge in [-0.1, -0.05) is 177 Å². The lowest BCUT2D eigenvalue weighted by atomic mass is 10.1. The lowest BCUT2D eigenvalue weighted by Gasteiger charge is -2.30. The molecule has 0 radical (unpaired) electrons. The van der Waals surface area contributed by atoms with Crippen molar-refractivity contribution in [1.82, 2.24) is 0 Å². The zero-order chi connectivity index (χ0) is 38.8. The van der Waals surface area contributed by atoms with Crippen LogP contribution in [0.1, 0.15) is 166 Å². The van der Waals surface area contributed by atoms with Crippen molar-refractivity contribution in [2.45, 2.75) is 168 Å². The zero-order valence-electron chi connectivity index (χ0n) is 34.7. The van der Waals surface area contributed by atoms with Gasteiger partial charge in [0.15, 0.2) is 0 Å². The SMILES string of the molecule is CCCCCCCCCCCC[N+](C)(C)Cc1ccccc1.CCCCCCCCCCCC[N+](C)(C)Cc1ccccc1.O=C([O-])CCC(=O)[O-]. The molecule has 0 saturated carbocycles. The Morgan fingerprint density at radius 1 is 0.423 bits per heavy atom. The highest BCUT2D eigenvalue weighted by atomic mass is 16.4. The summed E-state index contributed by atoms with van der Waals surface area (Å²) >= 11 is 0. The Kier molecular flexibility index (Phi) is 31.2. The Balaban J connectivity index is 0.000000829. The molecule has 0 unspecified atom stereocenters. The van der Waals surface area contributed by atoms with E-state index in [4.69, 9.17) is 0 Å². The molecule has 0 saturated heterocycles. The van der Waals surface area contributed by atoms with E-state index in [0.717, 1.165) is 22.1 Å². The number of carboxylic acids is 2. The third kappa shape index (κ3) is 34.4. The Hall–Kier alpha value is -2.70. The lowest BCUT2D eigenvalue weighted by molar-refractivity contribution is -0.903. The second kappa shape index (κ2) is 32.9. The molecule has 298 valence electrons. The van der Waals surface area contributed by atoms with Crippen molar-refractivity contribution in [1.29, 1.82) is 0 Å². The number of nitrogens with zero attached hydrogens (tertiary/aromatic N) is 2. The second-order valence-electron chi connectivity index (χ2n) is 16.2. The Bertz CT molecular complexity index is 1000. The highest BCUT2D eigenvalue weighted by molar-refractivity contribution is 5.72. The molecule has 2 rings (SSSR count). The molecule has 6 heteroatoms. The number of aliphatic carboxylic acids is 2. The summed E-state index contributed by atoms with van der Waals surface area (Å²) in [6, 6.07) is 21.8. The summed E-state index contributed by atoms with van der Waals surface area (Å²) in [4.78, 5) is 19.0. The van der Waals surface area contributed by atoms with Crippen LogP contribution < -0.4 is 10.2 Å². The van der Waals surface area contributed by atoms with Crippen molar-refractivity contribution in [2.75, 3.05) is 41.3 Å². The summed E-state index contributed by atoms with van der Waals surface area (Å²) in [6.45, 7) is 9.48. The van der Waals surface area contributed by atoms with Crippen LogP contribution in [-0.2, 0) is 22.7 Å². The van der Waals surface area contributed by atoms with Gasteiger partial charge in [-0.05, 0) is 38.5 Å². The minimum absolute atomic E-state index is 0.470. The monoisotopic (exact) mass is 725 g/mol. The molecular formula is C46H80N2O4. The van der Waals surface area contributed by atoms with Crippen LogP contribution >= 0.6 is 0 Å². The van der Waals surface area contributed by atoms with Gasteiger partial charge in [-0.25, -0.2) is 0 Å². The van der Waals surface area contributed by atoms with Crippen LogP contribution in [0, 0.1) is 0 Å². The number of rotatable bonds is 29. The molecule has 2 aromatic carbocycles. The van der Waals surface area contributed by atoms with Crippen LogP contribution in [0.25, 0.3) is 0 Å². The predicted octanol–water partition coefficient (Wildman–Crippen LogP) is 9.63. The first kappa shape index (κ1) is 49.3. The molecule has 0 fully saturated rings. The Morgan fingerprint density at radius 3 is 0.923 bits per heavy atom. The number of carbonyl (C=O) groups is 2. The average Bonchev–Trinajstić information content (AvgIpc) is 3.10. The van der Waals surface area contributed by atoms with E-state index in [0.29, 0.717) is 0 Å². The largest absolute Gasteiger partial charge is 0.550 e. The van der Waals surface area contributed by atoms with Gasteiger partial charge in [0.2, 0.25) is 0 Å². The zero-order valence-corrected chi connectivity index (χ0v) is 34.7. The molecule has 0 aliphatic heterocycles. The molecule has 0 amide bonds. The smallest absolute Gasteiger partial charge is 0.104 e. The molecule has 0 aliphatic rings. The first-order valence-electron chi connectivity index (χ1n) is 21.0. The fourth-order valence-electron chi connectivity index (χ4n) is 6.57. The maximum Gasteiger partial charge on any atom is 0.104 e. The second-order valence-corrected chi connectivity index (χ2v) is 16.2. The average molecular weight is 725 g/mol. The Labute approximate surface area is 321 Å². The number of unbranched alkanes of at least 4 members (excludes halogenated alkanes) is 18. The van der Waals surface area contributed by atoms with Gasteiger partial charge < -0.3 is 28.8 Å². The molecule has 0 aliphatic carbocycles. The number of quaternary nitrogens is 2. The van der Waals surface area contributed by atoms with Gasteiger partial charge in [0.25, 0.3) is 0 Å². The maximum atomic E-state index is 9.50. The molecule has 0 N–H and O–H groups in total. The molecule has 2 aromatic rings.